The van der Waals surface area contributed by atoms with Crippen LogP contribution < -0.4 is 14.2 Å². The van der Waals surface area contributed by atoms with Gasteiger partial charge in [-0.15, -0.1) is 0 Å². The van der Waals surface area contributed by atoms with E-state index in [9.17, 15) is 0 Å². The Morgan fingerprint density at radius 1 is 0.667 bits per heavy atom. The molecule has 0 N–H and O–H groups in total. The van der Waals surface area contributed by atoms with Gasteiger partial charge in [-0.2, -0.15) is 0 Å². The first-order valence-corrected chi connectivity index (χ1v) is 16.1. The van der Waals surface area contributed by atoms with Gasteiger partial charge in [0.15, 0.2) is 5.69 Å². The summed E-state index contributed by atoms with van der Waals surface area (Å²) in [4.78, 5) is 11.3. The first kappa shape index (κ1) is 43.8. The van der Waals surface area contributed by atoms with E-state index in [1.54, 1.807) is 36.7 Å². The molecule has 0 aliphatic carbocycles. The first-order valence-electron chi connectivity index (χ1n) is 15.8. The van der Waals surface area contributed by atoms with Crippen molar-refractivity contribution in [1.82, 2.24) is 9.97 Å². The normalized spacial score (nSPS) is 9.91. The van der Waals surface area contributed by atoms with Gasteiger partial charge in [0.25, 0.3) is 0 Å². The fourth-order valence-corrected chi connectivity index (χ4v) is 2.76. The number of aromatic nitrogens is 2. The predicted octanol–water partition coefficient (Wildman–Crippen LogP) is 11.2. The van der Waals surface area contributed by atoms with Crippen LogP contribution in [-0.2, 0) is 4.74 Å². The van der Waals surface area contributed by atoms with Gasteiger partial charge in [-0.1, -0.05) is 57.0 Å². The number of ether oxygens (including phenoxy) is 4. The number of nitrogens with zero attached hydrogens (tertiary/aromatic N) is 3. The molecule has 45 heavy (non-hydrogen) atoms. The number of hydrogen-bond acceptors (Lipinski definition) is 6. The van der Waals surface area contributed by atoms with E-state index in [0.717, 1.165) is 23.8 Å². The molecule has 0 aliphatic rings. The fraction of sp³-hybridized carbons (Fsp3) is 0.541. The van der Waals surface area contributed by atoms with E-state index in [4.69, 9.17) is 37.1 Å². The number of rotatable bonds is 9. The van der Waals surface area contributed by atoms with Crippen molar-refractivity contribution in [2.45, 2.75) is 121 Å². The molecule has 2 heterocycles. The number of halogens is 1. The first-order chi connectivity index (χ1) is 21.1. The Hall–Kier alpha value is -3.34. The Kier molecular flexibility index (Phi) is 26.3. The molecule has 0 spiro atoms. The van der Waals surface area contributed by atoms with Gasteiger partial charge in [0.05, 0.1) is 36.0 Å². The molecule has 0 bridgehead atoms. The molecule has 0 radical (unpaired) electrons. The summed E-state index contributed by atoms with van der Waals surface area (Å²) in [5.74, 6) is 3.02. The van der Waals surface area contributed by atoms with Crippen LogP contribution in [0.4, 0.5) is 5.69 Å². The van der Waals surface area contributed by atoms with Gasteiger partial charge >= 0.3 is 0 Å². The summed E-state index contributed by atoms with van der Waals surface area (Å²) in [5, 5.41) is 0.626. The molecule has 2 aromatic heterocycles. The van der Waals surface area contributed by atoms with Gasteiger partial charge in [0.2, 0.25) is 11.8 Å². The van der Waals surface area contributed by atoms with Crippen molar-refractivity contribution >= 4 is 17.3 Å². The highest BCUT2D eigenvalue weighted by Crippen LogP contribution is 2.18. The number of pyridine rings is 2. The largest absolute Gasteiger partial charge is 0.491 e. The molecule has 0 atom stereocenters. The third kappa shape index (κ3) is 29.1. The molecule has 0 aliphatic heterocycles. The summed E-state index contributed by atoms with van der Waals surface area (Å²) in [5.41, 5.74) is 1.80. The molecule has 3 rings (SSSR count). The molecule has 0 fully saturated rings. The standard InChI is InChI=1S/C10H11NO.C9H13NO.C8H10ClNO.C5H12O.C5H12/c1-8(2)12-10-6-4-9(11-3)5-7-10;1-7(2)11-9-5-4-8(3)6-10-9;1-6(2)11-8-4-3-7(9)5-10-8;1-4-6-5(2)3;1-4-5(2)3/h4-8H,1-2H3;4-7H,1-3H3;3-6H,1-2H3;5H,4H2,1-3H3;5H,4H2,1-3H3. The summed E-state index contributed by atoms with van der Waals surface area (Å²) in [6.07, 6.45) is 5.62. The van der Waals surface area contributed by atoms with Crippen molar-refractivity contribution in [3.05, 3.63) is 82.9 Å². The van der Waals surface area contributed by atoms with Crippen LogP contribution >= 0.6 is 11.6 Å². The van der Waals surface area contributed by atoms with Crippen molar-refractivity contribution in [1.29, 1.82) is 0 Å². The lowest BCUT2D eigenvalue weighted by molar-refractivity contribution is 0.0899. The van der Waals surface area contributed by atoms with E-state index in [2.05, 4.69) is 35.6 Å². The Morgan fingerprint density at radius 3 is 1.42 bits per heavy atom. The third-order valence-electron chi connectivity index (χ3n) is 4.95. The van der Waals surface area contributed by atoms with Crippen LogP contribution in [0.15, 0.2) is 60.9 Å². The zero-order valence-electron chi connectivity index (χ0n) is 29.9. The Morgan fingerprint density at radius 2 is 1.13 bits per heavy atom. The smallest absolute Gasteiger partial charge is 0.213 e. The molecule has 1 aromatic carbocycles. The van der Waals surface area contributed by atoms with Gasteiger partial charge in [0.1, 0.15) is 5.75 Å². The maximum Gasteiger partial charge on any atom is 0.213 e. The summed E-state index contributed by atoms with van der Waals surface area (Å²) in [7, 11) is 0. The lowest BCUT2D eigenvalue weighted by Crippen LogP contribution is -2.06. The van der Waals surface area contributed by atoms with Crippen molar-refractivity contribution in [2.75, 3.05) is 6.61 Å². The molecule has 3 aromatic rings. The zero-order chi connectivity index (χ0) is 34.8. The number of benzene rings is 1. The Labute approximate surface area is 279 Å². The molecule has 0 amide bonds. The second kappa shape index (κ2) is 27.0. The van der Waals surface area contributed by atoms with E-state index >= 15 is 0 Å². The summed E-state index contributed by atoms with van der Waals surface area (Å²) < 4.78 is 21.1. The Bertz CT molecular complexity index is 1070. The van der Waals surface area contributed by atoms with Crippen molar-refractivity contribution in [3.63, 3.8) is 0 Å². The topological polar surface area (TPSA) is 67.1 Å². The predicted molar refractivity (Wildman–Crippen MR) is 190 cm³/mol. The molecule has 8 heteroatoms. The number of aryl methyl sites for hydroxylation is 1. The number of hydrogen-bond donors (Lipinski definition) is 0. The molecular weight excluding hydrogens is 586 g/mol. The third-order valence-corrected chi connectivity index (χ3v) is 5.18. The van der Waals surface area contributed by atoms with Gasteiger partial charge in [-0.05, 0) is 98.9 Å². The van der Waals surface area contributed by atoms with E-state index in [-0.39, 0.29) is 18.3 Å². The molecule has 252 valence electrons. The van der Waals surface area contributed by atoms with E-state index in [0.29, 0.717) is 28.6 Å². The molecule has 0 saturated carbocycles. The van der Waals surface area contributed by atoms with Crippen LogP contribution in [0.3, 0.4) is 0 Å². The van der Waals surface area contributed by atoms with Gasteiger partial charge in [-0.25, -0.2) is 14.8 Å². The second-order valence-corrected chi connectivity index (χ2v) is 11.8. The van der Waals surface area contributed by atoms with Crippen molar-refractivity contribution in [3.8, 4) is 17.5 Å². The average Bonchev–Trinajstić information content (AvgIpc) is 2.96. The summed E-state index contributed by atoms with van der Waals surface area (Å²) >= 11 is 5.63. The van der Waals surface area contributed by atoms with Crippen LogP contribution in [0.2, 0.25) is 5.02 Å². The van der Waals surface area contributed by atoms with E-state index < -0.39 is 0 Å². The van der Waals surface area contributed by atoms with Gasteiger partial charge in [-0.3, -0.25) is 0 Å². The SMILES string of the molecule is CC(C)Oc1ccc(Cl)cn1.CCC(C)C.CCOC(C)C.Cc1ccc(OC(C)C)nc1.[C-]#[N+]c1ccc(OC(C)C)cc1. The highest BCUT2D eigenvalue weighted by atomic mass is 35.5. The lowest BCUT2D eigenvalue weighted by atomic mass is 10.2. The van der Waals surface area contributed by atoms with Crippen LogP contribution in [-0.4, -0.2) is 41.0 Å². The highest BCUT2D eigenvalue weighted by molar-refractivity contribution is 6.30. The molecular formula is C37H58ClN3O4. The van der Waals surface area contributed by atoms with Gasteiger partial charge in [0, 0.05) is 31.1 Å². The summed E-state index contributed by atoms with van der Waals surface area (Å²) in [6.45, 7) is 34.1. The highest BCUT2D eigenvalue weighted by Gasteiger charge is 1.98. The maximum absolute atomic E-state index is 6.74. The average molecular weight is 644 g/mol. The molecule has 0 unspecified atom stereocenters. The second-order valence-electron chi connectivity index (χ2n) is 11.4. The fourth-order valence-electron chi connectivity index (χ4n) is 2.64. The minimum atomic E-state index is 0.156. The maximum atomic E-state index is 6.74. The minimum absolute atomic E-state index is 0.156. The van der Waals surface area contributed by atoms with Crippen molar-refractivity contribution in [2.24, 2.45) is 5.92 Å². The Balaban J connectivity index is 0. The summed E-state index contributed by atoms with van der Waals surface area (Å²) in [6, 6.07) is 14.5. The molecule has 0 saturated heterocycles. The van der Waals surface area contributed by atoms with Gasteiger partial charge < -0.3 is 18.9 Å². The van der Waals surface area contributed by atoms with E-state index in [1.165, 1.54) is 6.42 Å². The van der Waals surface area contributed by atoms with Crippen molar-refractivity contribution < 1.29 is 18.9 Å². The van der Waals surface area contributed by atoms with Crippen LogP contribution in [0.5, 0.6) is 17.5 Å². The van der Waals surface area contributed by atoms with Crippen LogP contribution in [0, 0.1) is 19.4 Å². The molecule has 7 nitrogen and oxygen atoms in total. The van der Waals surface area contributed by atoms with E-state index in [1.807, 2.05) is 93.5 Å². The minimum Gasteiger partial charge on any atom is -0.491 e. The van der Waals surface area contributed by atoms with Crippen LogP contribution in [0.1, 0.15) is 95.1 Å². The van der Waals surface area contributed by atoms with Crippen LogP contribution in [0.25, 0.3) is 4.85 Å². The quantitative estimate of drug-likeness (QED) is 0.216. The monoisotopic (exact) mass is 643 g/mol. The zero-order valence-corrected chi connectivity index (χ0v) is 30.7. The lowest BCUT2D eigenvalue weighted by Gasteiger charge is -2.08.